The fourth-order valence-corrected chi connectivity index (χ4v) is 1.99. The predicted molar refractivity (Wildman–Crippen MR) is 92.6 cm³/mol. The summed E-state index contributed by atoms with van der Waals surface area (Å²) in [5, 5.41) is 16.2. The van der Waals surface area contributed by atoms with Gasteiger partial charge in [0, 0.05) is 23.9 Å². The van der Waals surface area contributed by atoms with Crippen LogP contribution in [0.5, 0.6) is 5.75 Å². The lowest BCUT2D eigenvalue weighted by atomic mass is 10.2. The van der Waals surface area contributed by atoms with Gasteiger partial charge in [0.15, 0.2) is 12.4 Å². The van der Waals surface area contributed by atoms with Crippen molar-refractivity contribution in [2.75, 3.05) is 17.2 Å². The summed E-state index contributed by atoms with van der Waals surface area (Å²) in [7, 11) is 0. The van der Waals surface area contributed by atoms with Gasteiger partial charge in [0.05, 0.1) is 4.92 Å². The highest BCUT2D eigenvalue weighted by molar-refractivity contribution is 5.94. The third-order valence-corrected chi connectivity index (χ3v) is 3.17. The second kappa shape index (κ2) is 8.44. The molecule has 0 unspecified atom stereocenters. The van der Waals surface area contributed by atoms with E-state index in [-0.39, 0.29) is 24.0 Å². The predicted octanol–water partition coefficient (Wildman–Crippen LogP) is 2.96. The molecule has 0 heterocycles. The molecule has 0 saturated heterocycles. The van der Waals surface area contributed by atoms with Crippen molar-refractivity contribution in [2.45, 2.75) is 13.3 Å². The Kier molecular flexibility index (Phi) is 6.05. The molecule has 0 aliphatic carbocycles. The number of anilines is 2. The summed E-state index contributed by atoms with van der Waals surface area (Å²) in [4.78, 5) is 33.7. The van der Waals surface area contributed by atoms with E-state index in [1.54, 1.807) is 37.3 Å². The molecule has 2 aromatic carbocycles. The lowest BCUT2D eigenvalue weighted by molar-refractivity contribution is -0.385. The van der Waals surface area contributed by atoms with Crippen LogP contribution < -0.4 is 15.4 Å². The van der Waals surface area contributed by atoms with Crippen LogP contribution >= 0.6 is 0 Å². The molecular formula is C17H17N3O5. The van der Waals surface area contributed by atoms with Gasteiger partial charge in [-0.25, -0.2) is 0 Å². The van der Waals surface area contributed by atoms with Gasteiger partial charge in [-0.3, -0.25) is 19.7 Å². The van der Waals surface area contributed by atoms with Crippen LogP contribution in [0, 0.1) is 10.1 Å². The van der Waals surface area contributed by atoms with Crippen LogP contribution in [0.25, 0.3) is 0 Å². The standard InChI is InChI=1S/C17H17N3O5/c1-2-16(21)18-12-6-5-7-13(10-12)19-17(22)11-25-15-9-4-3-8-14(15)20(23)24/h3-10H,2,11H2,1H3,(H,18,21)(H,19,22). The molecule has 0 bridgehead atoms. The van der Waals surface area contributed by atoms with Gasteiger partial charge in [-0.15, -0.1) is 0 Å². The summed E-state index contributed by atoms with van der Waals surface area (Å²) in [5.74, 6) is -0.591. The summed E-state index contributed by atoms with van der Waals surface area (Å²) >= 11 is 0. The Morgan fingerprint density at radius 3 is 2.32 bits per heavy atom. The first-order valence-corrected chi connectivity index (χ1v) is 7.55. The molecule has 0 spiro atoms. The Hall–Kier alpha value is -3.42. The molecule has 8 heteroatoms. The Morgan fingerprint density at radius 2 is 1.68 bits per heavy atom. The number of carbonyl (C=O) groups is 2. The van der Waals surface area contributed by atoms with Crippen molar-refractivity contribution in [3.05, 3.63) is 58.6 Å². The minimum absolute atomic E-state index is 0.0200. The van der Waals surface area contributed by atoms with E-state index in [0.29, 0.717) is 17.8 Å². The molecule has 2 N–H and O–H groups in total. The molecule has 2 amide bonds. The highest BCUT2D eigenvalue weighted by atomic mass is 16.6. The van der Waals surface area contributed by atoms with Crippen LogP contribution in [0.15, 0.2) is 48.5 Å². The Morgan fingerprint density at radius 1 is 1.04 bits per heavy atom. The Labute approximate surface area is 144 Å². The van der Waals surface area contributed by atoms with Crippen molar-refractivity contribution in [3.63, 3.8) is 0 Å². The number of amides is 2. The molecule has 0 atom stereocenters. The number of nitrogens with zero attached hydrogens (tertiary/aromatic N) is 1. The molecule has 2 aromatic rings. The SMILES string of the molecule is CCC(=O)Nc1cccc(NC(=O)COc2ccccc2[N+](=O)[O-])c1. The van der Waals surface area contributed by atoms with Gasteiger partial charge in [-0.2, -0.15) is 0 Å². The lowest BCUT2D eigenvalue weighted by Gasteiger charge is -2.09. The van der Waals surface area contributed by atoms with E-state index in [1.165, 1.54) is 18.2 Å². The van der Waals surface area contributed by atoms with Crippen molar-refractivity contribution in [1.82, 2.24) is 0 Å². The van der Waals surface area contributed by atoms with E-state index in [1.807, 2.05) is 0 Å². The van der Waals surface area contributed by atoms with Crippen LogP contribution in [0.2, 0.25) is 0 Å². The number of hydrogen-bond donors (Lipinski definition) is 2. The van der Waals surface area contributed by atoms with E-state index < -0.39 is 10.8 Å². The van der Waals surface area contributed by atoms with Crippen molar-refractivity contribution in [2.24, 2.45) is 0 Å². The maximum atomic E-state index is 12.0. The first-order chi connectivity index (χ1) is 12.0. The molecule has 2 rings (SSSR count). The van der Waals surface area contributed by atoms with Crippen LogP contribution in [-0.2, 0) is 9.59 Å². The van der Waals surface area contributed by atoms with Gasteiger partial charge in [0.25, 0.3) is 5.91 Å². The molecule has 8 nitrogen and oxygen atoms in total. The van der Waals surface area contributed by atoms with Crippen LogP contribution in [0.1, 0.15) is 13.3 Å². The summed E-state index contributed by atoms with van der Waals surface area (Å²) in [6.07, 6.45) is 0.348. The molecule has 0 radical (unpaired) electrons. The minimum Gasteiger partial charge on any atom is -0.477 e. The molecule has 25 heavy (non-hydrogen) atoms. The summed E-state index contributed by atoms with van der Waals surface area (Å²) < 4.78 is 5.22. The number of benzene rings is 2. The van der Waals surface area contributed by atoms with Crippen LogP contribution in [-0.4, -0.2) is 23.3 Å². The first kappa shape index (κ1) is 17.9. The monoisotopic (exact) mass is 343 g/mol. The average Bonchev–Trinajstić information content (AvgIpc) is 2.60. The summed E-state index contributed by atoms with van der Waals surface area (Å²) in [5.41, 5.74) is 0.828. The van der Waals surface area contributed by atoms with Crippen LogP contribution in [0.3, 0.4) is 0 Å². The highest BCUT2D eigenvalue weighted by Crippen LogP contribution is 2.25. The van der Waals surface area contributed by atoms with E-state index in [0.717, 1.165) is 0 Å². The van der Waals surface area contributed by atoms with E-state index in [9.17, 15) is 19.7 Å². The van der Waals surface area contributed by atoms with Gasteiger partial charge in [-0.05, 0) is 24.3 Å². The zero-order valence-corrected chi connectivity index (χ0v) is 13.5. The van der Waals surface area contributed by atoms with Gasteiger partial charge in [-0.1, -0.05) is 25.1 Å². The molecule has 0 aromatic heterocycles. The zero-order valence-electron chi connectivity index (χ0n) is 13.5. The van der Waals surface area contributed by atoms with Gasteiger partial charge < -0.3 is 15.4 Å². The minimum atomic E-state index is -0.576. The number of rotatable bonds is 7. The van der Waals surface area contributed by atoms with E-state index >= 15 is 0 Å². The first-order valence-electron chi connectivity index (χ1n) is 7.55. The average molecular weight is 343 g/mol. The van der Waals surface area contributed by atoms with E-state index in [2.05, 4.69) is 10.6 Å². The number of nitro groups is 1. The number of para-hydroxylation sites is 2. The van der Waals surface area contributed by atoms with E-state index in [4.69, 9.17) is 4.74 Å². The van der Waals surface area contributed by atoms with Crippen LogP contribution in [0.4, 0.5) is 17.1 Å². The molecule has 0 fully saturated rings. The third kappa shape index (κ3) is 5.31. The van der Waals surface area contributed by atoms with Crippen molar-refractivity contribution < 1.29 is 19.2 Å². The fraction of sp³-hybridized carbons (Fsp3) is 0.176. The largest absolute Gasteiger partial charge is 0.477 e. The number of carbonyl (C=O) groups excluding carboxylic acids is 2. The van der Waals surface area contributed by atoms with Gasteiger partial charge >= 0.3 is 5.69 Å². The second-order valence-electron chi connectivity index (χ2n) is 5.04. The number of hydrogen-bond acceptors (Lipinski definition) is 5. The molecule has 0 saturated carbocycles. The smallest absolute Gasteiger partial charge is 0.310 e. The number of ether oxygens (including phenoxy) is 1. The molecular weight excluding hydrogens is 326 g/mol. The molecule has 130 valence electrons. The van der Waals surface area contributed by atoms with Gasteiger partial charge in [0.1, 0.15) is 0 Å². The quantitative estimate of drug-likeness (QED) is 0.593. The third-order valence-electron chi connectivity index (χ3n) is 3.17. The summed E-state index contributed by atoms with van der Waals surface area (Å²) in [6.45, 7) is 1.36. The normalized spacial score (nSPS) is 9.96. The molecule has 0 aliphatic heterocycles. The maximum Gasteiger partial charge on any atom is 0.310 e. The maximum absolute atomic E-state index is 12.0. The summed E-state index contributed by atoms with van der Waals surface area (Å²) in [6, 6.07) is 12.5. The lowest BCUT2D eigenvalue weighted by Crippen LogP contribution is -2.20. The second-order valence-corrected chi connectivity index (χ2v) is 5.04. The Bertz CT molecular complexity index is 791. The topological polar surface area (TPSA) is 111 Å². The fourth-order valence-electron chi connectivity index (χ4n) is 1.99. The van der Waals surface area contributed by atoms with Crippen molar-refractivity contribution in [1.29, 1.82) is 0 Å². The Balaban J connectivity index is 1.96. The zero-order chi connectivity index (χ0) is 18.2. The van der Waals surface area contributed by atoms with Crippen molar-refractivity contribution >= 4 is 28.9 Å². The number of nitrogens with one attached hydrogen (secondary N) is 2. The highest BCUT2D eigenvalue weighted by Gasteiger charge is 2.15. The number of nitro benzene ring substituents is 1. The van der Waals surface area contributed by atoms with Gasteiger partial charge in [0.2, 0.25) is 5.91 Å². The van der Waals surface area contributed by atoms with Crippen molar-refractivity contribution in [3.8, 4) is 5.75 Å². The molecule has 0 aliphatic rings.